The molecular weight excluding hydrogens is 294 g/mol. The van der Waals surface area contributed by atoms with Crippen molar-refractivity contribution in [2.45, 2.75) is 63.8 Å². The van der Waals surface area contributed by atoms with Gasteiger partial charge in [-0.3, -0.25) is 4.90 Å². The summed E-state index contributed by atoms with van der Waals surface area (Å²) in [5, 5.41) is 12.5. The molecule has 0 N–H and O–H groups in total. The van der Waals surface area contributed by atoms with Crippen molar-refractivity contribution in [1.29, 1.82) is 0 Å². The zero-order valence-electron chi connectivity index (χ0n) is 13.8. The van der Waals surface area contributed by atoms with Gasteiger partial charge in [0.1, 0.15) is 0 Å². The van der Waals surface area contributed by atoms with E-state index in [1.807, 2.05) is 4.68 Å². The summed E-state index contributed by atoms with van der Waals surface area (Å²) < 4.78 is 13.4. The monoisotopic (exact) mass is 321 g/mol. The van der Waals surface area contributed by atoms with E-state index in [1.165, 1.54) is 25.7 Å². The molecule has 1 aliphatic carbocycles. The molecule has 23 heavy (non-hydrogen) atoms. The average molecular weight is 321 g/mol. The van der Waals surface area contributed by atoms with Crippen LogP contribution >= 0.6 is 0 Å². The number of hydrogen-bond acceptors (Lipinski definition) is 6. The Balaban J connectivity index is 1.41. The Morgan fingerprint density at radius 3 is 2.83 bits per heavy atom. The molecule has 1 saturated carbocycles. The van der Waals surface area contributed by atoms with Crippen LogP contribution in [0.4, 0.5) is 0 Å². The van der Waals surface area contributed by atoms with Crippen LogP contribution in [-0.2, 0) is 22.6 Å². The SMILES string of the molecule is C1CC[C@@H]2[C@H](C1)OCCN2Cc1nnnn1CC1CCOCC1. The number of ether oxygens (including phenoxy) is 2. The first kappa shape index (κ1) is 15.5. The number of rotatable bonds is 4. The van der Waals surface area contributed by atoms with Gasteiger partial charge in [-0.2, -0.15) is 0 Å². The first-order chi connectivity index (χ1) is 11.4. The second-order valence-electron chi connectivity index (χ2n) is 7.06. The van der Waals surface area contributed by atoms with Crippen molar-refractivity contribution >= 4 is 0 Å². The molecule has 1 aromatic rings. The Morgan fingerprint density at radius 1 is 1.04 bits per heavy atom. The van der Waals surface area contributed by atoms with Crippen LogP contribution in [-0.4, -0.2) is 63.6 Å². The highest BCUT2D eigenvalue weighted by Crippen LogP contribution is 2.29. The summed E-state index contributed by atoms with van der Waals surface area (Å²) in [4.78, 5) is 2.54. The molecule has 0 bridgehead atoms. The van der Waals surface area contributed by atoms with Crippen LogP contribution in [0.3, 0.4) is 0 Å². The summed E-state index contributed by atoms with van der Waals surface area (Å²) >= 11 is 0. The topological polar surface area (TPSA) is 65.3 Å². The summed E-state index contributed by atoms with van der Waals surface area (Å²) in [5.41, 5.74) is 0. The first-order valence-electron chi connectivity index (χ1n) is 9.08. The maximum Gasteiger partial charge on any atom is 0.165 e. The molecule has 0 spiro atoms. The summed E-state index contributed by atoms with van der Waals surface area (Å²) in [6.45, 7) is 5.34. The van der Waals surface area contributed by atoms with E-state index < -0.39 is 0 Å². The highest BCUT2D eigenvalue weighted by molar-refractivity contribution is 4.91. The lowest BCUT2D eigenvalue weighted by atomic mass is 9.90. The smallest absolute Gasteiger partial charge is 0.165 e. The third kappa shape index (κ3) is 3.56. The van der Waals surface area contributed by atoms with Gasteiger partial charge in [0, 0.05) is 32.3 Å². The normalized spacial score (nSPS) is 30.3. The molecule has 2 atom stereocenters. The fraction of sp³-hybridized carbons (Fsp3) is 0.938. The minimum Gasteiger partial charge on any atom is -0.381 e. The molecule has 3 fully saturated rings. The second kappa shape index (κ2) is 7.23. The molecule has 128 valence electrons. The lowest BCUT2D eigenvalue weighted by Gasteiger charge is -2.43. The van der Waals surface area contributed by atoms with E-state index in [0.29, 0.717) is 18.1 Å². The number of nitrogens with zero attached hydrogens (tertiary/aromatic N) is 5. The number of morpholine rings is 1. The van der Waals surface area contributed by atoms with Crippen molar-refractivity contribution in [3.05, 3.63) is 5.82 Å². The predicted molar refractivity (Wildman–Crippen MR) is 83.8 cm³/mol. The third-order valence-corrected chi connectivity index (χ3v) is 5.57. The van der Waals surface area contributed by atoms with Crippen molar-refractivity contribution in [2.75, 3.05) is 26.4 Å². The zero-order valence-corrected chi connectivity index (χ0v) is 13.8. The molecule has 7 heteroatoms. The van der Waals surface area contributed by atoms with Gasteiger partial charge in [0.15, 0.2) is 5.82 Å². The Hall–Kier alpha value is -1.05. The lowest BCUT2D eigenvalue weighted by molar-refractivity contribution is -0.0922. The van der Waals surface area contributed by atoms with E-state index in [9.17, 15) is 0 Å². The molecule has 0 unspecified atom stereocenters. The van der Waals surface area contributed by atoms with Gasteiger partial charge in [0.2, 0.25) is 0 Å². The van der Waals surface area contributed by atoms with Crippen LogP contribution in [0.5, 0.6) is 0 Å². The number of tetrazole rings is 1. The van der Waals surface area contributed by atoms with Gasteiger partial charge in [-0.05, 0) is 42.0 Å². The fourth-order valence-electron chi connectivity index (χ4n) is 4.21. The van der Waals surface area contributed by atoms with Gasteiger partial charge in [-0.15, -0.1) is 5.10 Å². The Labute approximate surface area is 137 Å². The molecule has 4 rings (SSSR count). The Morgan fingerprint density at radius 2 is 1.91 bits per heavy atom. The Kier molecular flexibility index (Phi) is 4.87. The van der Waals surface area contributed by atoms with Crippen LogP contribution in [0.15, 0.2) is 0 Å². The van der Waals surface area contributed by atoms with E-state index in [0.717, 1.165) is 58.1 Å². The van der Waals surface area contributed by atoms with Gasteiger partial charge in [-0.1, -0.05) is 12.8 Å². The predicted octanol–water partition coefficient (Wildman–Crippen LogP) is 1.24. The lowest BCUT2D eigenvalue weighted by Crippen LogP contribution is -2.52. The van der Waals surface area contributed by atoms with Gasteiger partial charge < -0.3 is 9.47 Å². The van der Waals surface area contributed by atoms with E-state index in [4.69, 9.17) is 9.47 Å². The minimum absolute atomic E-state index is 0.414. The minimum atomic E-state index is 0.414. The van der Waals surface area contributed by atoms with Crippen LogP contribution in [0.25, 0.3) is 0 Å². The molecule has 7 nitrogen and oxygen atoms in total. The van der Waals surface area contributed by atoms with Gasteiger partial charge in [0.05, 0.1) is 19.3 Å². The number of aromatic nitrogens is 4. The maximum atomic E-state index is 5.97. The van der Waals surface area contributed by atoms with Gasteiger partial charge in [-0.25, -0.2) is 4.68 Å². The standard InChI is InChI=1S/C16H27N5O2/c1-2-4-15-14(3-1)20(7-10-23-15)12-16-17-18-19-21(16)11-13-5-8-22-9-6-13/h13-15H,1-12H2/t14-,15+/m1/s1. The first-order valence-corrected chi connectivity index (χ1v) is 9.08. The van der Waals surface area contributed by atoms with Crippen LogP contribution in [0.2, 0.25) is 0 Å². The van der Waals surface area contributed by atoms with Crippen molar-refractivity contribution in [2.24, 2.45) is 5.92 Å². The molecule has 3 aliphatic rings. The highest BCUT2D eigenvalue weighted by Gasteiger charge is 2.34. The van der Waals surface area contributed by atoms with E-state index in [1.54, 1.807) is 0 Å². The summed E-state index contributed by atoms with van der Waals surface area (Å²) in [7, 11) is 0. The second-order valence-corrected chi connectivity index (χ2v) is 7.06. The molecule has 0 radical (unpaired) electrons. The van der Waals surface area contributed by atoms with Gasteiger partial charge >= 0.3 is 0 Å². The highest BCUT2D eigenvalue weighted by atomic mass is 16.5. The van der Waals surface area contributed by atoms with Crippen molar-refractivity contribution in [3.8, 4) is 0 Å². The van der Waals surface area contributed by atoms with E-state index in [-0.39, 0.29) is 0 Å². The largest absolute Gasteiger partial charge is 0.381 e. The third-order valence-electron chi connectivity index (χ3n) is 5.57. The molecule has 1 aromatic heterocycles. The zero-order chi connectivity index (χ0) is 15.5. The van der Waals surface area contributed by atoms with Crippen LogP contribution in [0, 0.1) is 5.92 Å². The van der Waals surface area contributed by atoms with Crippen molar-refractivity contribution in [1.82, 2.24) is 25.1 Å². The van der Waals surface area contributed by atoms with Crippen LogP contribution < -0.4 is 0 Å². The van der Waals surface area contributed by atoms with Gasteiger partial charge in [0.25, 0.3) is 0 Å². The van der Waals surface area contributed by atoms with Crippen LogP contribution in [0.1, 0.15) is 44.3 Å². The summed E-state index contributed by atoms with van der Waals surface area (Å²) in [6.07, 6.45) is 7.70. The van der Waals surface area contributed by atoms with Crippen molar-refractivity contribution in [3.63, 3.8) is 0 Å². The van der Waals surface area contributed by atoms with E-state index >= 15 is 0 Å². The molecule has 2 aliphatic heterocycles. The molecular formula is C16H27N5O2. The molecule has 2 saturated heterocycles. The summed E-state index contributed by atoms with van der Waals surface area (Å²) in [5.74, 6) is 1.64. The molecule has 0 amide bonds. The van der Waals surface area contributed by atoms with Crippen molar-refractivity contribution < 1.29 is 9.47 Å². The average Bonchev–Trinajstić information content (AvgIpc) is 3.03. The Bertz CT molecular complexity index is 500. The maximum absolute atomic E-state index is 5.97. The quantitative estimate of drug-likeness (QED) is 0.831. The molecule has 0 aromatic carbocycles. The summed E-state index contributed by atoms with van der Waals surface area (Å²) in [6, 6.07) is 0.547. The molecule has 3 heterocycles. The number of fused-ring (bicyclic) bond motifs is 1. The fourth-order valence-corrected chi connectivity index (χ4v) is 4.21. The number of hydrogen-bond donors (Lipinski definition) is 0. The van der Waals surface area contributed by atoms with E-state index in [2.05, 4.69) is 20.4 Å².